The number of nitrogens with one attached hydrogen (secondary N) is 1. The lowest BCUT2D eigenvalue weighted by Gasteiger charge is -2.49. The Bertz CT molecular complexity index is 628. The fourth-order valence-corrected chi connectivity index (χ4v) is 4.08. The molecule has 130 valence electrons. The van der Waals surface area contributed by atoms with Crippen LogP contribution in [0.4, 0.5) is 0 Å². The first-order valence-electron chi connectivity index (χ1n) is 8.78. The van der Waals surface area contributed by atoms with Crippen LogP contribution in [0.15, 0.2) is 36.5 Å². The minimum atomic E-state index is 0. The van der Waals surface area contributed by atoms with Crippen LogP contribution in [-0.2, 0) is 6.54 Å². The monoisotopic (exact) mass is 347 g/mol. The van der Waals surface area contributed by atoms with Crippen LogP contribution in [0.25, 0.3) is 5.69 Å². The van der Waals surface area contributed by atoms with E-state index in [1.807, 2.05) is 36.5 Å². The van der Waals surface area contributed by atoms with Gasteiger partial charge in [0.1, 0.15) is 0 Å². The number of nitrogens with zero attached hydrogens (tertiary/aromatic N) is 4. The molecule has 2 fully saturated rings. The fourth-order valence-electron chi connectivity index (χ4n) is 4.08. The normalized spacial score (nSPS) is 20.7. The molecule has 2 aliphatic rings. The van der Waals surface area contributed by atoms with Crippen molar-refractivity contribution in [3.8, 4) is 5.69 Å². The molecule has 0 unspecified atom stereocenters. The molecule has 1 saturated heterocycles. The topological polar surface area (TPSA) is 46.0 Å². The summed E-state index contributed by atoms with van der Waals surface area (Å²) in [5.74, 6) is 0. The van der Waals surface area contributed by atoms with Gasteiger partial charge in [-0.2, -0.15) is 15.0 Å². The summed E-state index contributed by atoms with van der Waals surface area (Å²) >= 11 is 0. The van der Waals surface area contributed by atoms with E-state index in [4.69, 9.17) is 5.10 Å². The van der Waals surface area contributed by atoms with Gasteiger partial charge in [-0.15, -0.1) is 12.4 Å². The van der Waals surface area contributed by atoms with Gasteiger partial charge in [-0.25, -0.2) is 0 Å². The van der Waals surface area contributed by atoms with Gasteiger partial charge in [-0.1, -0.05) is 37.5 Å². The highest BCUT2D eigenvalue weighted by Gasteiger charge is 2.39. The maximum absolute atomic E-state index is 4.70. The molecule has 2 heterocycles. The summed E-state index contributed by atoms with van der Waals surface area (Å²) < 4.78 is 0. The molecular formula is C18H26ClN5. The minimum absolute atomic E-state index is 0. The summed E-state index contributed by atoms with van der Waals surface area (Å²) in [7, 11) is 0. The molecule has 1 aliphatic heterocycles. The van der Waals surface area contributed by atoms with Gasteiger partial charge in [0.2, 0.25) is 0 Å². The van der Waals surface area contributed by atoms with Crippen LogP contribution < -0.4 is 5.32 Å². The third-order valence-electron chi connectivity index (χ3n) is 5.35. The molecule has 1 aromatic carbocycles. The number of halogens is 1. The molecule has 1 N–H and O–H groups in total. The molecule has 1 aromatic heterocycles. The highest BCUT2D eigenvalue weighted by molar-refractivity contribution is 5.85. The van der Waals surface area contributed by atoms with Crippen molar-refractivity contribution in [3.05, 3.63) is 42.2 Å². The Kier molecular flexibility index (Phi) is 5.54. The molecule has 1 saturated carbocycles. The van der Waals surface area contributed by atoms with E-state index in [1.165, 1.54) is 32.1 Å². The first kappa shape index (κ1) is 17.4. The molecule has 6 heteroatoms. The average Bonchev–Trinajstić information content (AvgIpc) is 3.07. The van der Waals surface area contributed by atoms with Crippen LogP contribution in [0.2, 0.25) is 0 Å². The summed E-state index contributed by atoms with van der Waals surface area (Å²) in [5.41, 5.74) is 2.43. The third-order valence-corrected chi connectivity index (χ3v) is 5.35. The number of aromatic nitrogens is 3. The van der Waals surface area contributed by atoms with E-state index in [-0.39, 0.29) is 12.4 Å². The Hall–Kier alpha value is -1.43. The highest BCUT2D eigenvalue weighted by Crippen LogP contribution is 2.35. The Morgan fingerprint density at radius 1 is 1.08 bits per heavy atom. The number of hydrogen-bond donors (Lipinski definition) is 1. The Labute approximate surface area is 149 Å². The largest absolute Gasteiger partial charge is 0.314 e. The molecule has 5 nitrogen and oxygen atoms in total. The third kappa shape index (κ3) is 3.48. The van der Waals surface area contributed by atoms with Crippen LogP contribution in [0.1, 0.15) is 37.8 Å². The summed E-state index contributed by atoms with van der Waals surface area (Å²) in [6, 6.07) is 10.1. The van der Waals surface area contributed by atoms with Crippen LogP contribution in [0.5, 0.6) is 0 Å². The fraction of sp³-hybridized carbons (Fsp3) is 0.556. The van der Waals surface area contributed by atoms with Crippen molar-refractivity contribution in [1.82, 2.24) is 25.2 Å². The molecule has 0 atom stereocenters. The molecule has 24 heavy (non-hydrogen) atoms. The molecule has 1 aliphatic carbocycles. The van der Waals surface area contributed by atoms with Crippen molar-refractivity contribution in [1.29, 1.82) is 0 Å². The number of benzene rings is 1. The SMILES string of the molecule is Cl.c1ccc(-n2ncc(CN3CCNCC34CCCCC4)n2)cc1. The first-order valence-corrected chi connectivity index (χ1v) is 8.78. The Balaban J connectivity index is 0.00000169. The molecule has 0 radical (unpaired) electrons. The second kappa shape index (κ2) is 7.64. The lowest BCUT2D eigenvalue weighted by atomic mass is 9.79. The predicted octanol–water partition coefficient (Wildman–Crippen LogP) is 2.80. The van der Waals surface area contributed by atoms with E-state index in [0.717, 1.165) is 37.6 Å². The number of para-hydroxylation sites is 1. The van der Waals surface area contributed by atoms with Crippen LogP contribution in [0.3, 0.4) is 0 Å². The summed E-state index contributed by atoms with van der Waals surface area (Å²) in [6.07, 6.45) is 8.65. The summed E-state index contributed by atoms with van der Waals surface area (Å²) in [6.45, 7) is 4.22. The Morgan fingerprint density at radius 3 is 2.67 bits per heavy atom. The zero-order valence-corrected chi connectivity index (χ0v) is 14.8. The zero-order chi connectivity index (χ0) is 15.5. The maximum atomic E-state index is 4.70. The number of rotatable bonds is 3. The van der Waals surface area contributed by atoms with E-state index in [2.05, 4.69) is 15.3 Å². The zero-order valence-electron chi connectivity index (χ0n) is 14.0. The van der Waals surface area contributed by atoms with Crippen LogP contribution in [0, 0.1) is 0 Å². The van der Waals surface area contributed by atoms with Gasteiger partial charge < -0.3 is 5.32 Å². The van der Waals surface area contributed by atoms with Gasteiger partial charge in [0.05, 0.1) is 17.6 Å². The van der Waals surface area contributed by atoms with E-state index < -0.39 is 0 Å². The van der Waals surface area contributed by atoms with Gasteiger partial charge in [-0.3, -0.25) is 4.90 Å². The van der Waals surface area contributed by atoms with Gasteiger partial charge >= 0.3 is 0 Å². The predicted molar refractivity (Wildman–Crippen MR) is 97.7 cm³/mol. The lowest BCUT2D eigenvalue weighted by Crippen LogP contribution is -2.61. The van der Waals surface area contributed by atoms with Gasteiger partial charge in [0.15, 0.2) is 0 Å². The van der Waals surface area contributed by atoms with E-state index in [9.17, 15) is 0 Å². The molecule has 0 amide bonds. The van der Waals surface area contributed by atoms with Crippen molar-refractivity contribution in [2.75, 3.05) is 19.6 Å². The van der Waals surface area contributed by atoms with E-state index in [0.29, 0.717) is 5.54 Å². The molecule has 1 spiro atoms. The van der Waals surface area contributed by atoms with Crippen molar-refractivity contribution >= 4 is 12.4 Å². The molecule has 0 bridgehead atoms. The van der Waals surface area contributed by atoms with Crippen molar-refractivity contribution in [3.63, 3.8) is 0 Å². The standard InChI is InChI=1S/C18H25N5.ClH/c1-3-7-17(8-4-1)23-20-13-16(21-23)14-22-12-11-19-15-18(22)9-5-2-6-10-18;/h1,3-4,7-8,13,19H,2,5-6,9-12,14-15H2;1H. The summed E-state index contributed by atoms with van der Waals surface area (Å²) in [4.78, 5) is 4.40. The van der Waals surface area contributed by atoms with Crippen molar-refractivity contribution < 1.29 is 0 Å². The van der Waals surface area contributed by atoms with E-state index >= 15 is 0 Å². The molecule has 4 rings (SSSR count). The summed E-state index contributed by atoms with van der Waals surface area (Å²) in [5, 5.41) is 12.8. The van der Waals surface area contributed by atoms with Crippen LogP contribution >= 0.6 is 12.4 Å². The molecular weight excluding hydrogens is 322 g/mol. The second-order valence-corrected chi connectivity index (χ2v) is 6.84. The second-order valence-electron chi connectivity index (χ2n) is 6.84. The van der Waals surface area contributed by atoms with Gasteiger partial charge in [0.25, 0.3) is 0 Å². The maximum Gasteiger partial charge on any atom is 0.0972 e. The van der Waals surface area contributed by atoms with Gasteiger partial charge in [-0.05, 0) is 25.0 Å². The Morgan fingerprint density at radius 2 is 1.88 bits per heavy atom. The number of hydrogen-bond acceptors (Lipinski definition) is 4. The number of piperazine rings is 1. The van der Waals surface area contributed by atoms with Crippen molar-refractivity contribution in [2.24, 2.45) is 0 Å². The van der Waals surface area contributed by atoms with Crippen molar-refractivity contribution in [2.45, 2.75) is 44.2 Å². The smallest absolute Gasteiger partial charge is 0.0972 e. The average molecular weight is 348 g/mol. The van der Waals surface area contributed by atoms with E-state index in [1.54, 1.807) is 4.80 Å². The molecule has 2 aromatic rings. The van der Waals surface area contributed by atoms with Crippen LogP contribution in [-0.4, -0.2) is 45.1 Å². The van der Waals surface area contributed by atoms with Gasteiger partial charge in [0, 0.05) is 31.7 Å². The first-order chi connectivity index (χ1) is 11.4. The minimum Gasteiger partial charge on any atom is -0.314 e. The highest BCUT2D eigenvalue weighted by atomic mass is 35.5. The lowest BCUT2D eigenvalue weighted by molar-refractivity contribution is 0.0199. The quantitative estimate of drug-likeness (QED) is 0.927.